The first-order chi connectivity index (χ1) is 18.7. The molecule has 1 saturated heterocycles. The second kappa shape index (κ2) is 11.5. The number of rotatable bonds is 7. The summed E-state index contributed by atoms with van der Waals surface area (Å²) in [5.74, 6) is -2.26. The summed E-state index contributed by atoms with van der Waals surface area (Å²) in [6, 6.07) is 15.6. The van der Waals surface area contributed by atoms with Gasteiger partial charge in [-0.1, -0.05) is 34.1 Å². The number of carbonyl (C=O) groups is 4. The van der Waals surface area contributed by atoms with E-state index in [1.165, 1.54) is 55.7 Å². The van der Waals surface area contributed by atoms with Gasteiger partial charge in [0.2, 0.25) is 0 Å². The first-order valence-electron chi connectivity index (χ1n) is 11.2. The average Bonchev–Trinajstić information content (AvgIpc) is 2.91. The number of barbiturate groups is 1. The molecule has 1 N–H and O–H groups in total. The van der Waals surface area contributed by atoms with Crippen LogP contribution in [0.4, 0.5) is 16.2 Å². The first kappa shape index (κ1) is 26.9. The minimum absolute atomic E-state index is 0.0550. The molecule has 4 rings (SSSR count). The van der Waals surface area contributed by atoms with Crippen LogP contribution in [0.25, 0.3) is 12.2 Å². The largest absolute Gasteiger partial charge is 0.493 e. The maximum absolute atomic E-state index is 13.1. The zero-order valence-corrected chi connectivity index (χ0v) is 21.7. The van der Waals surface area contributed by atoms with Crippen molar-refractivity contribution in [2.75, 3.05) is 12.0 Å². The van der Waals surface area contributed by atoms with Crippen LogP contribution in [0.3, 0.4) is 0 Å². The monoisotopic (exact) mass is 591 g/mol. The molecule has 0 saturated carbocycles. The van der Waals surface area contributed by atoms with Gasteiger partial charge in [-0.2, -0.15) is 0 Å². The highest BCUT2D eigenvalue weighted by Crippen LogP contribution is 2.30. The number of amides is 4. The van der Waals surface area contributed by atoms with Crippen LogP contribution in [0.2, 0.25) is 0 Å². The van der Waals surface area contributed by atoms with Crippen molar-refractivity contribution in [2.24, 2.45) is 0 Å². The van der Waals surface area contributed by atoms with Gasteiger partial charge in [0.05, 0.1) is 17.7 Å². The number of hydrogen-bond acceptors (Lipinski definition) is 8. The van der Waals surface area contributed by atoms with E-state index in [0.29, 0.717) is 11.1 Å². The van der Waals surface area contributed by atoms with E-state index in [0.717, 1.165) is 15.4 Å². The van der Waals surface area contributed by atoms with Crippen molar-refractivity contribution in [2.45, 2.75) is 0 Å². The van der Waals surface area contributed by atoms with Gasteiger partial charge in [-0.25, -0.2) is 14.5 Å². The number of halogens is 1. The summed E-state index contributed by atoms with van der Waals surface area (Å²) in [6.07, 6.45) is 3.76. The molecule has 0 aliphatic carbocycles. The van der Waals surface area contributed by atoms with E-state index in [1.54, 1.807) is 30.3 Å². The number of nitrogens with one attached hydrogen (secondary N) is 1. The zero-order chi connectivity index (χ0) is 28.1. The summed E-state index contributed by atoms with van der Waals surface area (Å²) < 4.78 is 11.4. The number of hydrogen-bond donors (Lipinski definition) is 1. The van der Waals surface area contributed by atoms with Crippen LogP contribution in [0.1, 0.15) is 11.1 Å². The Kier molecular flexibility index (Phi) is 7.96. The summed E-state index contributed by atoms with van der Waals surface area (Å²) in [4.78, 5) is 61.4. The fourth-order valence-corrected chi connectivity index (χ4v) is 3.82. The van der Waals surface area contributed by atoms with Crippen LogP contribution in [-0.4, -0.2) is 35.8 Å². The Morgan fingerprint density at radius 1 is 1.00 bits per heavy atom. The highest BCUT2D eigenvalue weighted by Gasteiger charge is 2.36. The molecule has 0 aromatic heterocycles. The smallest absolute Gasteiger partial charge is 0.336 e. The van der Waals surface area contributed by atoms with Gasteiger partial charge in [0.15, 0.2) is 11.5 Å². The van der Waals surface area contributed by atoms with E-state index in [2.05, 4.69) is 21.2 Å². The average molecular weight is 592 g/mol. The maximum atomic E-state index is 13.1. The third-order valence-corrected chi connectivity index (χ3v) is 5.92. The molecule has 3 aromatic carbocycles. The molecule has 0 spiro atoms. The van der Waals surface area contributed by atoms with Crippen molar-refractivity contribution in [3.63, 3.8) is 0 Å². The molecule has 0 unspecified atom stereocenters. The van der Waals surface area contributed by atoms with Gasteiger partial charge in [-0.05, 0) is 59.7 Å². The van der Waals surface area contributed by atoms with E-state index in [9.17, 15) is 29.3 Å². The van der Waals surface area contributed by atoms with Crippen molar-refractivity contribution in [3.05, 3.63) is 104 Å². The fourth-order valence-electron chi connectivity index (χ4n) is 3.56. The number of anilines is 1. The lowest BCUT2D eigenvalue weighted by molar-refractivity contribution is -0.384. The summed E-state index contributed by atoms with van der Waals surface area (Å²) in [5, 5.41) is 13.1. The van der Waals surface area contributed by atoms with Crippen LogP contribution in [0.5, 0.6) is 11.5 Å². The highest BCUT2D eigenvalue weighted by atomic mass is 79.9. The maximum Gasteiger partial charge on any atom is 0.336 e. The number of urea groups is 1. The molecule has 0 radical (unpaired) electrons. The molecular weight excluding hydrogens is 574 g/mol. The number of carbonyl (C=O) groups excluding carboxylic acids is 4. The van der Waals surface area contributed by atoms with E-state index in [-0.39, 0.29) is 28.4 Å². The second-order valence-corrected chi connectivity index (χ2v) is 8.87. The Balaban J connectivity index is 1.54. The van der Waals surface area contributed by atoms with Crippen LogP contribution < -0.4 is 19.7 Å². The number of imide groups is 2. The van der Waals surface area contributed by atoms with E-state index >= 15 is 0 Å². The van der Waals surface area contributed by atoms with Crippen molar-refractivity contribution in [1.82, 2.24) is 5.32 Å². The summed E-state index contributed by atoms with van der Waals surface area (Å²) in [6.45, 7) is 0. The lowest BCUT2D eigenvalue weighted by Crippen LogP contribution is -2.54. The minimum atomic E-state index is -0.873. The quantitative estimate of drug-likeness (QED) is 0.104. The molecule has 4 amide bonds. The SMILES string of the molecule is COc1cc(/C=C2\C(=O)NC(=O)N(c3ccc(Br)cc3)C2=O)ccc1OC(=O)/C=C/c1cccc([N+](=O)[O-])c1. The molecular formula is C27H18BrN3O8. The van der Waals surface area contributed by atoms with Gasteiger partial charge in [-0.3, -0.25) is 25.0 Å². The number of methoxy groups -OCH3 is 1. The van der Waals surface area contributed by atoms with Gasteiger partial charge < -0.3 is 9.47 Å². The highest BCUT2D eigenvalue weighted by molar-refractivity contribution is 9.10. The van der Waals surface area contributed by atoms with Crippen LogP contribution >= 0.6 is 15.9 Å². The Bertz CT molecular complexity index is 1560. The van der Waals surface area contributed by atoms with Crippen molar-refractivity contribution < 1.29 is 33.6 Å². The van der Waals surface area contributed by atoms with Crippen LogP contribution in [0, 0.1) is 10.1 Å². The molecule has 196 valence electrons. The van der Waals surface area contributed by atoms with Crippen LogP contribution in [-0.2, 0) is 14.4 Å². The molecule has 11 nitrogen and oxygen atoms in total. The molecule has 1 fully saturated rings. The first-order valence-corrected chi connectivity index (χ1v) is 11.9. The topological polar surface area (TPSA) is 145 Å². The normalized spacial score (nSPS) is 14.5. The number of esters is 1. The molecule has 3 aromatic rings. The number of nitrogens with zero attached hydrogens (tertiary/aromatic N) is 2. The standard InChI is InChI=1S/C27H18BrN3O8/c1-38-23-15-17(5-11-22(23)39-24(32)12-6-16-3-2-4-20(13-16)31(36)37)14-21-25(33)29-27(35)30(26(21)34)19-9-7-18(28)8-10-19/h2-15H,1H3,(H,29,33,35)/b12-6+,21-14+. The summed E-state index contributed by atoms with van der Waals surface area (Å²) in [5.41, 5.74) is 0.663. The molecule has 1 aliphatic rings. The Labute approximate surface area is 229 Å². The zero-order valence-electron chi connectivity index (χ0n) is 20.1. The van der Waals surface area contributed by atoms with Gasteiger partial charge in [0.25, 0.3) is 17.5 Å². The predicted octanol–water partition coefficient (Wildman–Crippen LogP) is 4.65. The molecule has 1 heterocycles. The third-order valence-electron chi connectivity index (χ3n) is 5.39. The summed E-state index contributed by atoms with van der Waals surface area (Å²) >= 11 is 3.29. The Morgan fingerprint density at radius 2 is 1.74 bits per heavy atom. The van der Waals surface area contributed by atoms with Crippen molar-refractivity contribution in [1.29, 1.82) is 0 Å². The third kappa shape index (κ3) is 6.25. The number of nitro benzene ring substituents is 1. The molecule has 12 heteroatoms. The summed E-state index contributed by atoms with van der Waals surface area (Å²) in [7, 11) is 1.34. The van der Waals surface area contributed by atoms with E-state index in [4.69, 9.17) is 9.47 Å². The van der Waals surface area contributed by atoms with Gasteiger partial charge in [0, 0.05) is 22.7 Å². The molecule has 1 aliphatic heterocycles. The predicted molar refractivity (Wildman–Crippen MR) is 144 cm³/mol. The number of benzene rings is 3. The fraction of sp³-hybridized carbons (Fsp3) is 0.0370. The molecule has 39 heavy (non-hydrogen) atoms. The van der Waals surface area contributed by atoms with Crippen molar-refractivity contribution >= 4 is 63.3 Å². The second-order valence-electron chi connectivity index (χ2n) is 7.95. The Morgan fingerprint density at radius 3 is 2.44 bits per heavy atom. The molecule has 0 atom stereocenters. The van der Waals surface area contributed by atoms with Gasteiger partial charge in [0.1, 0.15) is 5.57 Å². The number of nitro groups is 1. The minimum Gasteiger partial charge on any atom is -0.493 e. The number of ether oxygens (including phenoxy) is 2. The van der Waals surface area contributed by atoms with Gasteiger partial charge >= 0.3 is 12.0 Å². The van der Waals surface area contributed by atoms with Gasteiger partial charge in [-0.15, -0.1) is 0 Å². The van der Waals surface area contributed by atoms with Crippen LogP contribution in [0.15, 0.2) is 82.9 Å². The molecule has 0 bridgehead atoms. The lowest BCUT2D eigenvalue weighted by Gasteiger charge is -2.26. The number of non-ortho nitro benzene ring substituents is 1. The lowest BCUT2D eigenvalue weighted by atomic mass is 10.1. The van der Waals surface area contributed by atoms with E-state index in [1.807, 2.05) is 0 Å². The van der Waals surface area contributed by atoms with E-state index < -0.39 is 28.7 Å². The Hall–Kier alpha value is -5.10. The van der Waals surface area contributed by atoms with Crippen molar-refractivity contribution in [3.8, 4) is 11.5 Å².